The fourth-order valence-corrected chi connectivity index (χ4v) is 3.15. The van der Waals surface area contributed by atoms with E-state index < -0.39 is 0 Å². The Kier molecular flexibility index (Phi) is 7.09. The van der Waals surface area contributed by atoms with Gasteiger partial charge in [0.15, 0.2) is 0 Å². The van der Waals surface area contributed by atoms with Crippen LogP contribution in [-0.4, -0.2) is 18.4 Å². The first-order valence-electron chi connectivity index (χ1n) is 9.68. The largest absolute Gasteiger partial charge is 0.376 e. The van der Waals surface area contributed by atoms with Gasteiger partial charge in [0.2, 0.25) is 5.91 Å². The Morgan fingerprint density at radius 3 is 2.37 bits per heavy atom. The van der Waals surface area contributed by atoms with Crippen LogP contribution in [0, 0.1) is 6.92 Å². The molecule has 0 bridgehead atoms. The Hall–Kier alpha value is -3.31. The van der Waals surface area contributed by atoms with E-state index in [4.69, 9.17) is 11.6 Å². The average molecular weight is 422 g/mol. The van der Waals surface area contributed by atoms with E-state index in [0.29, 0.717) is 16.3 Å². The van der Waals surface area contributed by atoms with Crippen LogP contribution in [0.2, 0.25) is 5.02 Å². The molecule has 0 aromatic heterocycles. The van der Waals surface area contributed by atoms with E-state index >= 15 is 0 Å². The first-order valence-corrected chi connectivity index (χ1v) is 10.1. The van der Waals surface area contributed by atoms with Crippen molar-refractivity contribution in [1.82, 2.24) is 5.32 Å². The van der Waals surface area contributed by atoms with Crippen LogP contribution < -0.4 is 16.0 Å². The summed E-state index contributed by atoms with van der Waals surface area (Å²) in [6.45, 7) is 3.99. The van der Waals surface area contributed by atoms with Gasteiger partial charge in [0.05, 0.1) is 12.6 Å². The molecular formula is C24H24ClN3O2. The van der Waals surface area contributed by atoms with E-state index in [1.165, 1.54) is 0 Å². The third kappa shape index (κ3) is 5.84. The van der Waals surface area contributed by atoms with Crippen LogP contribution in [0.3, 0.4) is 0 Å². The van der Waals surface area contributed by atoms with Crippen molar-refractivity contribution in [3.63, 3.8) is 0 Å². The number of aryl methyl sites for hydroxylation is 1. The van der Waals surface area contributed by atoms with Crippen LogP contribution in [-0.2, 0) is 4.79 Å². The summed E-state index contributed by atoms with van der Waals surface area (Å²) in [5, 5.41) is 9.48. The van der Waals surface area contributed by atoms with E-state index in [1.807, 2.05) is 50.2 Å². The van der Waals surface area contributed by atoms with Crippen molar-refractivity contribution in [2.24, 2.45) is 0 Å². The van der Waals surface area contributed by atoms with Crippen molar-refractivity contribution in [3.05, 3.63) is 94.5 Å². The van der Waals surface area contributed by atoms with Gasteiger partial charge >= 0.3 is 0 Å². The second-order valence-electron chi connectivity index (χ2n) is 7.04. The minimum Gasteiger partial charge on any atom is -0.376 e. The van der Waals surface area contributed by atoms with Crippen molar-refractivity contribution >= 4 is 34.8 Å². The zero-order valence-electron chi connectivity index (χ0n) is 16.9. The van der Waals surface area contributed by atoms with Crippen LogP contribution in [0.5, 0.6) is 0 Å². The molecule has 0 saturated carbocycles. The lowest BCUT2D eigenvalue weighted by atomic mass is 10.1. The quantitative estimate of drug-likeness (QED) is 0.491. The van der Waals surface area contributed by atoms with Gasteiger partial charge in [-0.15, -0.1) is 0 Å². The third-order valence-corrected chi connectivity index (χ3v) is 4.95. The summed E-state index contributed by atoms with van der Waals surface area (Å²) < 4.78 is 0. The predicted octanol–water partition coefficient (Wildman–Crippen LogP) is 5.19. The molecule has 0 fully saturated rings. The molecule has 0 aliphatic carbocycles. The first kappa shape index (κ1) is 21.4. The van der Waals surface area contributed by atoms with Crippen LogP contribution in [0.25, 0.3) is 0 Å². The Labute approximate surface area is 181 Å². The smallest absolute Gasteiger partial charge is 0.251 e. The maximum absolute atomic E-state index is 12.5. The number of halogens is 1. The molecule has 154 valence electrons. The van der Waals surface area contributed by atoms with Gasteiger partial charge in [-0.1, -0.05) is 48.0 Å². The predicted molar refractivity (Wildman–Crippen MR) is 122 cm³/mol. The lowest BCUT2D eigenvalue weighted by molar-refractivity contribution is -0.114. The molecular weight excluding hydrogens is 398 g/mol. The highest BCUT2D eigenvalue weighted by Gasteiger charge is 2.11. The molecule has 2 amide bonds. The number of nitrogens with one attached hydrogen (secondary N) is 3. The lowest BCUT2D eigenvalue weighted by Gasteiger charge is -2.14. The molecule has 0 radical (unpaired) electrons. The summed E-state index contributed by atoms with van der Waals surface area (Å²) in [4.78, 5) is 24.7. The molecule has 0 saturated heterocycles. The normalized spacial score (nSPS) is 11.4. The molecule has 3 aromatic rings. The van der Waals surface area contributed by atoms with Crippen molar-refractivity contribution in [1.29, 1.82) is 0 Å². The fraction of sp³-hybridized carbons (Fsp3) is 0.167. The number of hydrogen-bond acceptors (Lipinski definition) is 3. The second-order valence-corrected chi connectivity index (χ2v) is 7.48. The number of amides is 2. The van der Waals surface area contributed by atoms with E-state index in [9.17, 15) is 9.59 Å². The summed E-state index contributed by atoms with van der Waals surface area (Å²) in [5.41, 5.74) is 4.02. The molecule has 0 aliphatic heterocycles. The third-order valence-electron chi connectivity index (χ3n) is 4.72. The van der Waals surface area contributed by atoms with Crippen molar-refractivity contribution in [3.8, 4) is 0 Å². The lowest BCUT2D eigenvalue weighted by Crippen LogP contribution is -2.26. The number of rotatable bonds is 7. The molecule has 0 heterocycles. The summed E-state index contributed by atoms with van der Waals surface area (Å²) >= 11 is 6.00. The number of carbonyl (C=O) groups excluding carboxylic acids is 2. The Morgan fingerprint density at radius 2 is 1.67 bits per heavy atom. The molecule has 0 aliphatic rings. The minimum absolute atomic E-state index is 0.0981. The summed E-state index contributed by atoms with van der Waals surface area (Å²) in [5.74, 6) is -0.355. The number of benzene rings is 3. The second kappa shape index (κ2) is 9.94. The first-order chi connectivity index (χ1) is 14.4. The molecule has 5 nitrogen and oxygen atoms in total. The maximum Gasteiger partial charge on any atom is 0.251 e. The number of carbonyl (C=O) groups is 2. The van der Waals surface area contributed by atoms with E-state index in [-0.39, 0.29) is 24.4 Å². The van der Waals surface area contributed by atoms with Crippen LogP contribution in [0.15, 0.2) is 72.8 Å². The van der Waals surface area contributed by atoms with Crippen molar-refractivity contribution in [2.45, 2.75) is 19.9 Å². The zero-order valence-corrected chi connectivity index (χ0v) is 17.7. The average Bonchev–Trinajstić information content (AvgIpc) is 2.75. The highest BCUT2D eigenvalue weighted by Crippen LogP contribution is 2.20. The molecule has 3 N–H and O–H groups in total. The monoisotopic (exact) mass is 421 g/mol. The van der Waals surface area contributed by atoms with E-state index in [1.54, 1.807) is 36.4 Å². The standard InChI is InChI=1S/C24H24ClN3O2/c1-16-8-11-20(25)14-22(16)26-15-23(29)28-21-12-9-19(10-13-21)24(30)27-17(2)18-6-4-3-5-7-18/h3-14,17,26H,15H2,1-2H3,(H,27,30)(H,28,29). The maximum atomic E-state index is 12.5. The van der Waals surface area contributed by atoms with Gasteiger partial charge < -0.3 is 16.0 Å². The van der Waals surface area contributed by atoms with Crippen molar-refractivity contribution < 1.29 is 9.59 Å². The molecule has 1 unspecified atom stereocenters. The summed E-state index contributed by atoms with van der Waals surface area (Å²) in [6, 6.07) is 22.0. The SMILES string of the molecule is Cc1ccc(Cl)cc1NCC(=O)Nc1ccc(C(=O)NC(C)c2ccccc2)cc1. The zero-order chi connectivity index (χ0) is 21.5. The van der Waals surface area contributed by atoms with Gasteiger partial charge in [0.1, 0.15) is 0 Å². The molecule has 6 heteroatoms. The van der Waals surface area contributed by atoms with Gasteiger partial charge in [0, 0.05) is 22.0 Å². The van der Waals surface area contributed by atoms with Gasteiger partial charge in [0.25, 0.3) is 5.91 Å². The molecule has 1 atom stereocenters. The van der Waals surface area contributed by atoms with Crippen LogP contribution in [0.1, 0.15) is 34.5 Å². The van der Waals surface area contributed by atoms with Crippen LogP contribution >= 0.6 is 11.6 Å². The number of anilines is 2. The Morgan fingerprint density at radius 1 is 0.967 bits per heavy atom. The van der Waals surface area contributed by atoms with Crippen molar-refractivity contribution in [2.75, 3.05) is 17.2 Å². The summed E-state index contributed by atoms with van der Waals surface area (Å²) in [6.07, 6.45) is 0. The van der Waals surface area contributed by atoms with E-state index in [2.05, 4.69) is 16.0 Å². The number of hydrogen-bond donors (Lipinski definition) is 3. The Balaban J connectivity index is 1.53. The molecule has 0 spiro atoms. The summed E-state index contributed by atoms with van der Waals surface area (Å²) in [7, 11) is 0. The van der Waals surface area contributed by atoms with E-state index in [0.717, 1.165) is 16.8 Å². The molecule has 3 rings (SSSR count). The van der Waals surface area contributed by atoms with Gasteiger partial charge in [-0.2, -0.15) is 0 Å². The fourth-order valence-electron chi connectivity index (χ4n) is 2.98. The van der Waals surface area contributed by atoms with Crippen LogP contribution in [0.4, 0.5) is 11.4 Å². The highest BCUT2D eigenvalue weighted by atomic mass is 35.5. The topological polar surface area (TPSA) is 70.2 Å². The highest BCUT2D eigenvalue weighted by molar-refractivity contribution is 6.30. The minimum atomic E-state index is -0.190. The van der Waals surface area contributed by atoms with Gasteiger partial charge in [-0.3, -0.25) is 9.59 Å². The Bertz CT molecular complexity index is 1020. The molecule has 30 heavy (non-hydrogen) atoms. The van der Waals surface area contributed by atoms with Gasteiger partial charge in [-0.05, 0) is 61.4 Å². The van der Waals surface area contributed by atoms with Gasteiger partial charge in [-0.25, -0.2) is 0 Å². The molecule has 3 aromatic carbocycles.